The van der Waals surface area contributed by atoms with Gasteiger partial charge < -0.3 is 15.2 Å². The fourth-order valence-corrected chi connectivity index (χ4v) is 3.19. The number of nitrogens with one attached hydrogen (secondary N) is 2. The molecule has 7 heteroatoms. The number of H-pyrrole nitrogens is 1. The summed E-state index contributed by atoms with van der Waals surface area (Å²) in [5.74, 6) is 0.574. The lowest BCUT2D eigenvalue weighted by Gasteiger charge is -2.20. The normalized spacial score (nSPS) is 18.6. The molecule has 1 fully saturated rings. The fraction of sp³-hybridized carbons (Fsp3) is 0.462. The van der Waals surface area contributed by atoms with Crippen molar-refractivity contribution in [2.75, 3.05) is 13.6 Å². The summed E-state index contributed by atoms with van der Waals surface area (Å²) in [6, 6.07) is 1.72. The van der Waals surface area contributed by atoms with Gasteiger partial charge in [-0.2, -0.15) is 0 Å². The van der Waals surface area contributed by atoms with E-state index >= 15 is 0 Å². The fourth-order valence-electron chi connectivity index (χ4n) is 2.46. The molecule has 2 aromatic rings. The molecule has 1 atom stereocenters. The number of carbonyl (C=O) groups is 1. The zero-order valence-electron chi connectivity index (χ0n) is 11.2. The molecule has 1 aliphatic heterocycles. The largest absolute Gasteiger partial charge is 0.337 e. The summed E-state index contributed by atoms with van der Waals surface area (Å²) in [5.41, 5.74) is 0.549. The summed E-state index contributed by atoms with van der Waals surface area (Å²) in [6.07, 6.45) is 1.90. The molecule has 1 saturated heterocycles. The van der Waals surface area contributed by atoms with Crippen molar-refractivity contribution in [3.8, 4) is 0 Å². The van der Waals surface area contributed by atoms with Gasteiger partial charge in [0.2, 0.25) is 5.91 Å². The molecule has 106 valence electrons. The first-order valence-electron chi connectivity index (χ1n) is 6.60. The Morgan fingerprint density at radius 1 is 1.60 bits per heavy atom. The maximum atomic E-state index is 12.2. The Morgan fingerprint density at radius 2 is 2.45 bits per heavy atom. The van der Waals surface area contributed by atoms with Gasteiger partial charge in [-0.05, 0) is 30.8 Å². The van der Waals surface area contributed by atoms with Crippen LogP contribution < -0.4 is 10.9 Å². The SMILES string of the molecule is CN(Cc1nc2ccsc2c(=O)[nH]1)C(=O)C1CCCN1. The monoisotopic (exact) mass is 292 g/mol. The van der Waals surface area contributed by atoms with E-state index < -0.39 is 0 Å². The Kier molecular flexibility index (Phi) is 3.54. The van der Waals surface area contributed by atoms with Crippen LogP contribution >= 0.6 is 11.3 Å². The van der Waals surface area contributed by atoms with Crippen molar-refractivity contribution in [1.29, 1.82) is 0 Å². The highest BCUT2D eigenvalue weighted by molar-refractivity contribution is 7.17. The number of likely N-dealkylation sites (N-methyl/N-ethyl adjacent to an activating group) is 1. The van der Waals surface area contributed by atoms with Crippen molar-refractivity contribution in [3.05, 3.63) is 27.6 Å². The highest BCUT2D eigenvalue weighted by Gasteiger charge is 2.25. The molecule has 1 unspecified atom stereocenters. The number of fused-ring (bicyclic) bond motifs is 1. The van der Waals surface area contributed by atoms with Gasteiger partial charge in [0, 0.05) is 7.05 Å². The average Bonchev–Trinajstić information content (AvgIpc) is 3.08. The van der Waals surface area contributed by atoms with Gasteiger partial charge in [-0.25, -0.2) is 4.98 Å². The van der Waals surface area contributed by atoms with Gasteiger partial charge in [-0.15, -0.1) is 11.3 Å². The van der Waals surface area contributed by atoms with Gasteiger partial charge in [-0.1, -0.05) is 0 Å². The van der Waals surface area contributed by atoms with E-state index in [1.165, 1.54) is 11.3 Å². The van der Waals surface area contributed by atoms with Crippen molar-refractivity contribution in [2.24, 2.45) is 0 Å². The molecule has 3 heterocycles. The molecule has 0 aromatic carbocycles. The maximum absolute atomic E-state index is 12.2. The van der Waals surface area contributed by atoms with E-state index in [1.807, 2.05) is 11.4 Å². The lowest BCUT2D eigenvalue weighted by molar-refractivity contribution is -0.132. The van der Waals surface area contributed by atoms with Gasteiger partial charge in [0.15, 0.2) is 0 Å². The molecule has 0 radical (unpaired) electrons. The van der Waals surface area contributed by atoms with Crippen LogP contribution in [0, 0.1) is 0 Å². The second kappa shape index (κ2) is 5.34. The van der Waals surface area contributed by atoms with Crippen molar-refractivity contribution in [1.82, 2.24) is 20.2 Å². The zero-order valence-corrected chi connectivity index (χ0v) is 12.0. The number of rotatable bonds is 3. The van der Waals surface area contributed by atoms with Gasteiger partial charge >= 0.3 is 0 Å². The zero-order chi connectivity index (χ0) is 14.1. The molecule has 1 aliphatic rings. The van der Waals surface area contributed by atoms with E-state index in [0.29, 0.717) is 22.6 Å². The number of carbonyl (C=O) groups excluding carboxylic acids is 1. The molecule has 3 rings (SSSR count). The number of thiophene rings is 1. The first-order chi connectivity index (χ1) is 9.65. The molecule has 0 spiro atoms. The summed E-state index contributed by atoms with van der Waals surface area (Å²) in [6.45, 7) is 1.21. The third kappa shape index (κ3) is 2.46. The molecule has 6 nitrogen and oxygen atoms in total. The van der Waals surface area contributed by atoms with Gasteiger partial charge in [0.1, 0.15) is 10.5 Å². The van der Waals surface area contributed by atoms with Crippen molar-refractivity contribution in [3.63, 3.8) is 0 Å². The number of nitrogens with zero attached hydrogens (tertiary/aromatic N) is 2. The van der Waals surface area contributed by atoms with E-state index in [4.69, 9.17) is 0 Å². The molecular weight excluding hydrogens is 276 g/mol. The van der Waals surface area contributed by atoms with Gasteiger partial charge in [0.05, 0.1) is 18.1 Å². The highest BCUT2D eigenvalue weighted by atomic mass is 32.1. The number of hydrogen-bond donors (Lipinski definition) is 2. The minimum Gasteiger partial charge on any atom is -0.337 e. The Morgan fingerprint density at radius 3 is 3.20 bits per heavy atom. The Hall–Kier alpha value is -1.73. The minimum absolute atomic E-state index is 0.0514. The second-order valence-electron chi connectivity index (χ2n) is 4.99. The summed E-state index contributed by atoms with van der Waals surface area (Å²) in [4.78, 5) is 32.8. The molecule has 0 saturated carbocycles. The van der Waals surface area contributed by atoms with Crippen LogP contribution in [0.5, 0.6) is 0 Å². The first-order valence-corrected chi connectivity index (χ1v) is 7.48. The van der Waals surface area contributed by atoms with Crippen LogP contribution in [0.2, 0.25) is 0 Å². The average molecular weight is 292 g/mol. The van der Waals surface area contributed by atoms with Crippen molar-refractivity contribution in [2.45, 2.75) is 25.4 Å². The van der Waals surface area contributed by atoms with Crippen LogP contribution in [0.15, 0.2) is 16.2 Å². The molecule has 0 bridgehead atoms. The predicted molar refractivity (Wildman–Crippen MR) is 77.7 cm³/mol. The first kappa shape index (κ1) is 13.3. The number of aromatic amines is 1. The van der Waals surface area contributed by atoms with Crippen LogP contribution in [0.1, 0.15) is 18.7 Å². The summed E-state index contributed by atoms with van der Waals surface area (Å²) < 4.78 is 0.625. The van der Waals surface area contributed by atoms with E-state index in [0.717, 1.165) is 19.4 Å². The van der Waals surface area contributed by atoms with E-state index in [1.54, 1.807) is 11.9 Å². The van der Waals surface area contributed by atoms with Crippen molar-refractivity contribution >= 4 is 27.5 Å². The number of hydrogen-bond acceptors (Lipinski definition) is 5. The van der Waals surface area contributed by atoms with E-state index in [2.05, 4.69) is 15.3 Å². The standard InChI is InChI=1S/C13H16N4O2S/c1-17(13(19)9-3-2-5-14-9)7-10-15-8-4-6-20-11(8)12(18)16-10/h4,6,9,14H,2-3,5,7H2,1H3,(H,15,16,18). The van der Waals surface area contributed by atoms with Crippen LogP contribution in [0.4, 0.5) is 0 Å². The molecular formula is C13H16N4O2S. The van der Waals surface area contributed by atoms with Crippen LogP contribution in [-0.4, -0.2) is 40.4 Å². The Bertz CT molecular complexity index is 687. The van der Waals surface area contributed by atoms with Crippen LogP contribution in [0.25, 0.3) is 10.2 Å². The predicted octanol–water partition coefficient (Wildman–Crippen LogP) is 0.695. The summed E-state index contributed by atoms with van der Waals surface area (Å²) >= 11 is 1.37. The molecule has 1 amide bonds. The van der Waals surface area contributed by atoms with E-state index in [-0.39, 0.29) is 17.5 Å². The molecule has 0 aliphatic carbocycles. The smallest absolute Gasteiger partial charge is 0.268 e. The lowest BCUT2D eigenvalue weighted by Crippen LogP contribution is -2.41. The summed E-state index contributed by atoms with van der Waals surface area (Å²) in [7, 11) is 1.74. The van der Waals surface area contributed by atoms with Gasteiger partial charge in [-0.3, -0.25) is 9.59 Å². The molecule has 2 N–H and O–H groups in total. The topological polar surface area (TPSA) is 78.1 Å². The third-order valence-corrected chi connectivity index (χ3v) is 4.39. The van der Waals surface area contributed by atoms with Crippen LogP contribution in [-0.2, 0) is 11.3 Å². The quantitative estimate of drug-likeness (QED) is 0.872. The van der Waals surface area contributed by atoms with E-state index in [9.17, 15) is 9.59 Å². The lowest BCUT2D eigenvalue weighted by atomic mass is 10.2. The maximum Gasteiger partial charge on any atom is 0.268 e. The third-order valence-electron chi connectivity index (χ3n) is 3.49. The highest BCUT2D eigenvalue weighted by Crippen LogP contribution is 2.14. The number of amides is 1. The van der Waals surface area contributed by atoms with Crippen LogP contribution in [0.3, 0.4) is 0 Å². The molecule has 2 aromatic heterocycles. The second-order valence-corrected chi connectivity index (χ2v) is 5.91. The van der Waals surface area contributed by atoms with Gasteiger partial charge in [0.25, 0.3) is 5.56 Å². The Labute approximate surface area is 119 Å². The molecule has 20 heavy (non-hydrogen) atoms. The summed E-state index contributed by atoms with van der Waals surface area (Å²) in [5, 5.41) is 5.02. The number of aromatic nitrogens is 2. The minimum atomic E-state index is -0.139. The Balaban J connectivity index is 1.78. The van der Waals surface area contributed by atoms with Crippen molar-refractivity contribution < 1.29 is 4.79 Å².